The highest BCUT2D eigenvalue weighted by Gasteiger charge is 2.48. The Morgan fingerprint density at radius 1 is 1.38 bits per heavy atom. The number of nitrogens with zero attached hydrogens (tertiary/aromatic N) is 2. The fourth-order valence-corrected chi connectivity index (χ4v) is 4.36. The van der Waals surface area contributed by atoms with E-state index in [1.54, 1.807) is 4.90 Å². The Bertz CT molecular complexity index is 811. The van der Waals surface area contributed by atoms with Crippen LogP contribution in [-0.4, -0.2) is 34.0 Å². The first kappa shape index (κ1) is 15.7. The molecule has 1 N–H and O–H groups in total. The van der Waals surface area contributed by atoms with Gasteiger partial charge in [0.1, 0.15) is 11.5 Å². The maximum absolute atomic E-state index is 13.0. The second-order valence-corrected chi connectivity index (χ2v) is 7.49. The molecule has 1 saturated heterocycles. The number of carbonyl (C=O) groups excluding carboxylic acids is 1. The van der Waals surface area contributed by atoms with Gasteiger partial charge in [0, 0.05) is 23.0 Å². The van der Waals surface area contributed by atoms with Crippen LogP contribution in [0.1, 0.15) is 40.6 Å². The number of hydrogen-bond donors (Lipinski definition) is 1. The minimum absolute atomic E-state index is 0.188. The molecule has 1 fully saturated rings. The van der Waals surface area contributed by atoms with Crippen molar-refractivity contribution in [3.8, 4) is 0 Å². The Labute approximate surface area is 147 Å². The summed E-state index contributed by atoms with van der Waals surface area (Å²) in [5, 5.41) is 10.4. The van der Waals surface area contributed by atoms with Crippen LogP contribution in [0.3, 0.4) is 0 Å². The van der Waals surface area contributed by atoms with Gasteiger partial charge >= 0.3 is 0 Å². The summed E-state index contributed by atoms with van der Waals surface area (Å²) in [7, 11) is 0. The van der Waals surface area contributed by atoms with Gasteiger partial charge in [0.2, 0.25) is 0 Å². The third-order valence-corrected chi connectivity index (χ3v) is 5.61. The molecule has 0 bridgehead atoms. The largest absolute Gasteiger partial charge is 0.388 e. The monoisotopic (exact) mass is 390 g/mol. The quantitative estimate of drug-likeness (QED) is 0.813. The lowest BCUT2D eigenvalue weighted by atomic mass is 9.81. The third-order valence-electron chi connectivity index (χ3n) is 5.12. The fourth-order valence-electron chi connectivity index (χ4n) is 3.98. The topological polar surface area (TPSA) is 53.4 Å². The van der Waals surface area contributed by atoms with E-state index in [2.05, 4.69) is 20.9 Å². The van der Waals surface area contributed by atoms with Gasteiger partial charge in [-0.15, -0.1) is 0 Å². The summed E-state index contributed by atoms with van der Waals surface area (Å²) in [5.41, 5.74) is 2.12. The second-order valence-electron chi connectivity index (χ2n) is 6.57. The SMILES string of the molecule is O=C(c1ccc(F)cn1)N1CCC2(CC(O)c3cc(Br)ccc32)C1. The molecule has 124 valence electrons. The highest BCUT2D eigenvalue weighted by Crippen LogP contribution is 2.50. The van der Waals surface area contributed by atoms with Crippen LogP contribution in [0, 0.1) is 5.82 Å². The highest BCUT2D eigenvalue weighted by molar-refractivity contribution is 9.10. The molecule has 1 aliphatic heterocycles. The molecule has 4 rings (SSSR count). The van der Waals surface area contributed by atoms with Crippen LogP contribution < -0.4 is 0 Å². The Morgan fingerprint density at radius 3 is 2.96 bits per heavy atom. The van der Waals surface area contributed by atoms with E-state index in [0.29, 0.717) is 19.5 Å². The number of rotatable bonds is 1. The van der Waals surface area contributed by atoms with E-state index in [-0.39, 0.29) is 17.0 Å². The molecular weight excluding hydrogens is 375 g/mol. The molecule has 0 radical (unpaired) electrons. The zero-order valence-electron chi connectivity index (χ0n) is 12.9. The van der Waals surface area contributed by atoms with Gasteiger partial charge in [0.05, 0.1) is 12.3 Å². The molecule has 2 unspecified atom stereocenters. The van der Waals surface area contributed by atoms with Gasteiger partial charge in [0.15, 0.2) is 0 Å². The molecule has 2 heterocycles. The lowest BCUT2D eigenvalue weighted by Crippen LogP contribution is -2.33. The number of pyridine rings is 1. The predicted molar refractivity (Wildman–Crippen MR) is 90.1 cm³/mol. The van der Waals surface area contributed by atoms with Crippen LogP contribution in [0.4, 0.5) is 4.39 Å². The summed E-state index contributed by atoms with van der Waals surface area (Å²) in [6, 6.07) is 8.64. The normalized spacial score (nSPS) is 25.3. The second kappa shape index (κ2) is 5.63. The van der Waals surface area contributed by atoms with Crippen LogP contribution in [-0.2, 0) is 5.41 Å². The number of hydrogen-bond acceptors (Lipinski definition) is 3. The number of carbonyl (C=O) groups is 1. The molecule has 1 aromatic heterocycles. The Morgan fingerprint density at radius 2 is 2.21 bits per heavy atom. The summed E-state index contributed by atoms with van der Waals surface area (Å²) in [6.45, 7) is 1.16. The third kappa shape index (κ3) is 2.45. The van der Waals surface area contributed by atoms with E-state index < -0.39 is 11.9 Å². The van der Waals surface area contributed by atoms with Crippen molar-refractivity contribution in [2.24, 2.45) is 0 Å². The number of amides is 1. The minimum atomic E-state index is -0.503. The first-order chi connectivity index (χ1) is 11.5. The highest BCUT2D eigenvalue weighted by atomic mass is 79.9. The molecule has 24 heavy (non-hydrogen) atoms. The number of benzene rings is 1. The summed E-state index contributed by atoms with van der Waals surface area (Å²) in [6.07, 6.45) is 1.99. The molecule has 1 aliphatic carbocycles. The molecule has 2 aromatic rings. The zero-order chi connectivity index (χ0) is 16.9. The number of fused-ring (bicyclic) bond motifs is 2. The van der Waals surface area contributed by atoms with Crippen molar-refractivity contribution in [2.75, 3.05) is 13.1 Å². The van der Waals surface area contributed by atoms with Gasteiger partial charge < -0.3 is 10.0 Å². The smallest absolute Gasteiger partial charge is 0.272 e. The average Bonchev–Trinajstić information content (AvgIpc) is 3.10. The van der Waals surface area contributed by atoms with Gasteiger partial charge in [-0.3, -0.25) is 4.79 Å². The average molecular weight is 391 g/mol. The number of aromatic nitrogens is 1. The van der Waals surface area contributed by atoms with Crippen molar-refractivity contribution in [1.29, 1.82) is 0 Å². The molecule has 1 aromatic carbocycles. The summed E-state index contributed by atoms with van der Waals surface area (Å²) in [5.74, 6) is -0.644. The number of halogens is 2. The number of aliphatic hydroxyl groups excluding tert-OH is 1. The van der Waals surface area contributed by atoms with E-state index in [1.165, 1.54) is 12.1 Å². The Hall–Kier alpha value is -1.79. The molecule has 4 nitrogen and oxygen atoms in total. The van der Waals surface area contributed by atoms with Crippen molar-refractivity contribution >= 4 is 21.8 Å². The Balaban J connectivity index is 1.61. The number of aliphatic hydroxyl groups is 1. The maximum atomic E-state index is 13.0. The zero-order valence-corrected chi connectivity index (χ0v) is 14.5. The van der Waals surface area contributed by atoms with E-state index in [1.807, 2.05) is 18.2 Å². The number of likely N-dealkylation sites (tertiary alicyclic amines) is 1. The lowest BCUT2D eigenvalue weighted by molar-refractivity contribution is 0.0770. The van der Waals surface area contributed by atoms with Crippen LogP contribution >= 0.6 is 15.9 Å². The lowest BCUT2D eigenvalue weighted by Gasteiger charge is -2.25. The summed E-state index contributed by atoms with van der Waals surface area (Å²) >= 11 is 3.45. The molecule has 1 amide bonds. The molecule has 2 aliphatic rings. The van der Waals surface area contributed by atoms with E-state index in [4.69, 9.17) is 0 Å². The van der Waals surface area contributed by atoms with Gasteiger partial charge in [-0.2, -0.15) is 0 Å². The molecule has 6 heteroatoms. The van der Waals surface area contributed by atoms with Gasteiger partial charge in [-0.05, 0) is 48.2 Å². The molecule has 1 spiro atoms. The fraction of sp³-hybridized carbons (Fsp3) is 0.333. The van der Waals surface area contributed by atoms with Gasteiger partial charge in [0.25, 0.3) is 5.91 Å². The molecule has 2 atom stereocenters. The van der Waals surface area contributed by atoms with E-state index in [9.17, 15) is 14.3 Å². The van der Waals surface area contributed by atoms with Crippen LogP contribution in [0.5, 0.6) is 0 Å². The van der Waals surface area contributed by atoms with Gasteiger partial charge in [-0.1, -0.05) is 22.0 Å². The minimum Gasteiger partial charge on any atom is -0.388 e. The first-order valence-electron chi connectivity index (χ1n) is 7.87. The molecular formula is C18H16BrFN2O2. The standard InChI is InChI=1S/C18H16BrFN2O2/c19-11-1-3-14-13(7-11)16(23)8-18(14)5-6-22(10-18)17(24)15-4-2-12(20)9-21-15/h1-4,7,9,16,23H,5-6,8,10H2. The van der Waals surface area contributed by atoms with Crippen molar-refractivity contribution in [3.63, 3.8) is 0 Å². The molecule has 0 saturated carbocycles. The predicted octanol–water partition coefficient (Wildman–Crippen LogP) is 3.20. The van der Waals surface area contributed by atoms with Crippen LogP contribution in [0.25, 0.3) is 0 Å². The first-order valence-corrected chi connectivity index (χ1v) is 8.67. The van der Waals surface area contributed by atoms with Crippen molar-refractivity contribution in [3.05, 3.63) is 63.6 Å². The van der Waals surface area contributed by atoms with Crippen molar-refractivity contribution in [2.45, 2.75) is 24.4 Å². The van der Waals surface area contributed by atoms with Gasteiger partial charge in [-0.25, -0.2) is 9.37 Å². The van der Waals surface area contributed by atoms with E-state index >= 15 is 0 Å². The van der Waals surface area contributed by atoms with Crippen molar-refractivity contribution in [1.82, 2.24) is 9.88 Å². The maximum Gasteiger partial charge on any atom is 0.272 e. The van der Waals surface area contributed by atoms with E-state index in [0.717, 1.165) is 28.2 Å². The van der Waals surface area contributed by atoms with Crippen LogP contribution in [0.2, 0.25) is 0 Å². The summed E-state index contributed by atoms with van der Waals surface area (Å²) in [4.78, 5) is 18.3. The van der Waals surface area contributed by atoms with Crippen LogP contribution in [0.15, 0.2) is 41.0 Å². The summed E-state index contributed by atoms with van der Waals surface area (Å²) < 4.78 is 13.9. The van der Waals surface area contributed by atoms with Crippen molar-refractivity contribution < 1.29 is 14.3 Å². The Kier molecular flexibility index (Phi) is 3.69.